The fourth-order valence-corrected chi connectivity index (χ4v) is 22.8. The summed E-state index contributed by atoms with van der Waals surface area (Å²) in [5.74, 6) is 11.7. The third kappa shape index (κ3) is 4.17. The summed E-state index contributed by atoms with van der Waals surface area (Å²) in [5.41, 5.74) is 1.56. The van der Waals surface area contributed by atoms with Crippen LogP contribution in [0.3, 0.4) is 0 Å². The lowest BCUT2D eigenvalue weighted by atomic mass is 9.42. The molecule has 2 saturated heterocycles. The molecule has 6 atom stereocenters. The highest BCUT2D eigenvalue weighted by Crippen LogP contribution is 2.79. The van der Waals surface area contributed by atoms with Crippen LogP contribution in [0.2, 0.25) is 0 Å². The molecule has 0 radical (unpaired) electrons. The van der Waals surface area contributed by atoms with Gasteiger partial charge in [-0.15, -0.1) is 0 Å². The van der Waals surface area contributed by atoms with Gasteiger partial charge in [0.2, 0.25) is 0 Å². The Morgan fingerprint density at radius 3 is 0.830 bits per heavy atom. The minimum atomic E-state index is -0.0371. The Morgan fingerprint density at radius 2 is 0.604 bits per heavy atom. The fourth-order valence-electron chi connectivity index (χ4n) is 22.8. The van der Waals surface area contributed by atoms with Gasteiger partial charge in [0, 0.05) is 21.7 Å². The standard InChI is InChI=1S/C50H74O3/c1-3-41(49(47-23-35-11-36(24-47)13-37(12-35)25-47)43(52-49)45-17-29-5-30(18-45)7-31(6-29)19-45)51-42(4-2)50(48-26-38-14-39(27-48)16-40(15-38)28-48)44(53-50)46-20-32-8-33(21-46)10-34(9-32)22-46/h29-44H,3-28H2,1-2H3. The van der Waals surface area contributed by atoms with Gasteiger partial charge >= 0.3 is 0 Å². The van der Waals surface area contributed by atoms with Crippen molar-refractivity contribution in [3.05, 3.63) is 0 Å². The van der Waals surface area contributed by atoms with Gasteiger partial charge in [0.25, 0.3) is 0 Å². The van der Waals surface area contributed by atoms with Crippen molar-refractivity contribution in [3.8, 4) is 0 Å². The van der Waals surface area contributed by atoms with Crippen molar-refractivity contribution in [1.29, 1.82) is 0 Å². The summed E-state index contributed by atoms with van der Waals surface area (Å²) in [4.78, 5) is 0. The molecule has 16 bridgehead atoms. The zero-order valence-corrected chi connectivity index (χ0v) is 33.8. The maximum atomic E-state index is 8.32. The minimum absolute atomic E-state index is 0.0371. The molecule has 2 aliphatic heterocycles. The lowest BCUT2D eigenvalue weighted by Crippen LogP contribution is -2.64. The Hall–Kier alpha value is -0.120. The first-order valence-electron chi connectivity index (χ1n) is 24.8. The molecule has 0 aromatic carbocycles. The molecule has 2 heterocycles. The fraction of sp³-hybridized carbons (Fsp3) is 1.00. The van der Waals surface area contributed by atoms with Gasteiger partial charge in [0.15, 0.2) is 0 Å². The van der Waals surface area contributed by atoms with Gasteiger partial charge in [-0.2, -0.15) is 0 Å². The molecule has 0 N–H and O–H groups in total. The number of hydrogen-bond donors (Lipinski definition) is 0. The second-order valence-electron chi connectivity index (χ2n) is 25.5. The van der Waals surface area contributed by atoms with Gasteiger partial charge in [-0.3, -0.25) is 0 Å². The summed E-state index contributed by atoms with van der Waals surface area (Å²) in [6.45, 7) is 5.08. The molecule has 18 fully saturated rings. The molecule has 18 aliphatic rings. The quantitative estimate of drug-likeness (QED) is 0.211. The van der Waals surface area contributed by atoms with Crippen LogP contribution in [-0.4, -0.2) is 35.6 Å². The van der Waals surface area contributed by atoms with E-state index in [0.29, 0.717) is 33.9 Å². The van der Waals surface area contributed by atoms with Crippen LogP contribution in [0.1, 0.15) is 181 Å². The van der Waals surface area contributed by atoms with E-state index >= 15 is 0 Å². The average molecular weight is 723 g/mol. The predicted octanol–water partition coefficient (Wildman–Crippen LogP) is 11.7. The first kappa shape index (κ1) is 32.8. The van der Waals surface area contributed by atoms with Crippen molar-refractivity contribution in [2.45, 2.75) is 216 Å². The summed E-state index contributed by atoms with van der Waals surface area (Å²) >= 11 is 0. The van der Waals surface area contributed by atoms with E-state index in [0.717, 1.165) is 83.9 Å². The van der Waals surface area contributed by atoms with Crippen LogP contribution in [0.5, 0.6) is 0 Å². The van der Waals surface area contributed by atoms with Crippen LogP contribution in [0.25, 0.3) is 0 Å². The zero-order valence-electron chi connectivity index (χ0n) is 33.8. The van der Waals surface area contributed by atoms with Crippen LogP contribution in [0.4, 0.5) is 0 Å². The van der Waals surface area contributed by atoms with E-state index in [4.69, 9.17) is 14.2 Å². The Balaban J connectivity index is 0.870. The minimum Gasteiger partial charge on any atom is -0.369 e. The summed E-state index contributed by atoms with van der Waals surface area (Å²) in [5, 5.41) is 0. The topological polar surface area (TPSA) is 34.3 Å². The maximum Gasteiger partial charge on any atom is 0.127 e. The van der Waals surface area contributed by atoms with Crippen molar-refractivity contribution in [1.82, 2.24) is 0 Å². The summed E-state index contributed by atoms with van der Waals surface area (Å²) in [7, 11) is 0. The molecule has 16 saturated carbocycles. The van der Waals surface area contributed by atoms with Crippen LogP contribution >= 0.6 is 0 Å². The summed E-state index contributed by atoms with van der Waals surface area (Å²) < 4.78 is 24.2. The third-order valence-electron chi connectivity index (χ3n) is 22.3. The highest BCUT2D eigenvalue weighted by atomic mass is 16.7. The normalized spacial score (nSPS) is 64.9. The van der Waals surface area contributed by atoms with Gasteiger partial charge in [-0.25, -0.2) is 0 Å². The number of hydrogen-bond acceptors (Lipinski definition) is 3. The molecule has 3 heteroatoms. The SMILES string of the molecule is CCC(OC(CC)C1(C23CC4CC(CC(C4)C2)C3)OC1C12CC3CC(CC(C3)C1)C2)C1(C23CC4CC(CC(C4)C2)C3)OC1C12CC3CC(CC(C3)C1)C2. The molecule has 292 valence electrons. The Bertz CT molecular complexity index is 1290. The maximum absolute atomic E-state index is 8.32. The van der Waals surface area contributed by atoms with Gasteiger partial charge < -0.3 is 14.2 Å². The second kappa shape index (κ2) is 10.5. The molecule has 16 aliphatic carbocycles. The van der Waals surface area contributed by atoms with Crippen LogP contribution in [0.15, 0.2) is 0 Å². The Labute approximate surface area is 322 Å². The van der Waals surface area contributed by atoms with Crippen molar-refractivity contribution in [2.24, 2.45) is 92.7 Å². The molecule has 0 aromatic rings. The number of rotatable bonds is 10. The van der Waals surface area contributed by atoms with Crippen LogP contribution in [-0.2, 0) is 14.2 Å². The molecule has 6 unspecified atom stereocenters. The highest BCUT2D eigenvalue weighted by molar-refractivity contribution is 5.31. The van der Waals surface area contributed by atoms with Crippen molar-refractivity contribution >= 4 is 0 Å². The smallest absolute Gasteiger partial charge is 0.127 e. The largest absolute Gasteiger partial charge is 0.369 e. The van der Waals surface area contributed by atoms with Gasteiger partial charge in [-0.1, -0.05) is 13.8 Å². The zero-order chi connectivity index (χ0) is 34.7. The van der Waals surface area contributed by atoms with E-state index in [9.17, 15) is 0 Å². The summed E-state index contributed by atoms with van der Waals surface area (Å²) in [6, 6.07) is 0. The molecular formula is C50H74O3. The first-order chi connectivity index (χ1) is 25.7. The van der Waals surface area contributed by atoms with Crippen LogP contribution < -0.4 is 0 Å². The molecule has 0 amide bonds. The van der Waals surface area contributed by atoms with E-state index in [-0.39, 0.29) is 23.4 Å². The van der Waals surface area contributed by atoms with Gasteiger partial charge in [-0.05, 0) is 238 Å². The Kier molecular flexibility index (Phi) is 6.52. The average Bonchev–Trinajstić information content (AvgIpc) is 4.01. The van der Waals surface area contributed by atoms with Crippen molar-refractivity contribution < 1.29 is 14.2 Å². The van der Waals surface area contributed by atoms with E-state index < -0.39 is 0 Å². The van der Waals surface area contributed by atoms with E-state index in [1.165, 1.54) is 154 Å². The molecule has 18 rings (SSSR count). The van der Waals surface area contributed by atoms with Gasteiger partial charge in [0.1, 0.15) is 11.2 Å². The van der Waals surface area contributed by atoms with E-state index in [1.54, 1.807) is 0 Å². The van der Waals surface area contributed by atoms with Gasteiger partial charge in [0.05, 0.1) is 24.4 Å². The van der Waals surface area contributed by atoms with E-state index in [1.807, 2.05) is 0 Å². The molecule has 3 nitrogen and oxygen atoms in total. The lowest BCUT2D eigenvalue weighted by Gasteiger charge is -2.63. The second-order valence-corrected chi connectivity index (χ2v) is 25.5. The number of epoxide rings is 2. The Morgan fingerprint density at radius 1 is 0.377 bits per heavy atom. The lowest BCUT2D eigenvalue weighted by molar-refractivity contribution is -0.191. The molecule has 0 spiro atoms. The highest BCUT2D eigenvalue weighted by Gasteiger charge is 2.83. The molecule has 53 heavy (non-hydrogen) atoms. The summed E-state index contributed by atoms with van der Waals surface area (Å²) in [6.07, 6.45) is 39.8. The number of ether oxygens (including phenoxy) is 3. The first-order valence-corrected chi connectivity index (χ1v) is 24.8. The van der Waals surface area contributed by atoms with Crippen molar-refractivity contribution in [3.63, 3.8) is 0 Å². The third-order valence-corrected chi connectivity index (χ3v) is 22.3. The predicted molar refractivity (Wildman–Crippen MR) is 207 cm³/mol. The van der Waals surface area contributed by atoms with E-state index in [2.05, 4.69) is 13.8 Å². The van der Waals surface area contributed by atoms with Crippen molar-refractivity contribution in [2.75, 3.05) is 0 Å². The van der Waals surface area contributed by atoms with Crippen LogP contribution in [0, 0.1) is 92.7 Å². The molecule has 0 aromatic heterocycles. The molecular weight excluding hydrogens is 649 g/mol. The monoisotopic (exact) mass is 723 g/mol.